The molecular formula is C9H14O. The molecule has 0 saturated carbocycles. The van der Waals surface area contributed by atoms with E-state index >= 15 is 0 Å². The Bertz CT molecular complexity index is 149. The standard InChI is InChI=1S/C9H14O/c1-4-6-7-8-9(3,10)5-2/h2,4,6,10H,7-8H2,1,3H3/b6-4+. The van der Waals surface area contributed by atoms with Gasteiger partial charge in [-0.05, 0) is 26.7 Å². The molecular weight excluding hydrogens is 124 g/mol. The predicted molar refractivity (Wildman–Crippen MR) is 43.5 cm³/mol. The maximum absolute atomic E-state index is 9.28. The van der Waals surface area contributed by atoms with Gasteiger partial charge in [-0.15, -0.1) is 6.42 Å². The molecule has 0 rings (SSSR count). The lowest BCUT2D eigenvalue weighted by molar-refractivity contribution is 0.113. The highest BCUT2D eigenvalue weighted by Crippen LogP contribution is 2.09. The molecule has 0 heterocycles. The molecule has 0 amide bonds. The van der Waals surface area contributed by atoms with Crippen LogP contribution in [-0.2, 0) is 0 Å². The van der Waals surface area contributed by atoms with Crippen molar-refractivity contribution in [1.82, 2.24) is 0 Å². The van der Waals surface area contributed by atoms with Gasteiger partial charge in [0.15, 0.2) is 0 Å². The van der Waals surface area contributed by atoms with Gasteiger partial charge in [-0.3, -0.25) is 0 Å². The molecule has 10 heavy (non-hydrogen) atoms. The van der Waals surface area contributed by atoms with Crippen molar-refractivity contribution in [1.29, 1.82) is 0 Å². The summed E-state index contributed by atoms with van der Waals surface area (Å²) in [5, 5.41) is 9.28. The molecule has 0 fully saturated rings. The van der Waals surface area contributed by atoms with Crippen molar-refractivity contribution < 1.29 is 5.11 Å². The van der Waals surface area contributed by atoms with E-state index in [1.807, 2.05) is 19.1 Å². The van der Waals surface area contributed by atoms with Crippen LogP contribution in [-0.4, -0.2) is 10.7 Å². The van der Waals surface area contributed by atoms with E-state index in [4.69, 9.17) is 6.42 Å². The van der Waals surface area contributed by atoms with E-state index < -0.39 is 5.60 Å². The minimum atomic E-state index is -0.931. The van der Waals surface area contributed by atoms with Crippen molar-refractivity contribution in [2.75, 3.05) is 0 Å². The van der Waals surface area contributed by atoms with Crippen LogP contribution >= 0.6 is 0 Å². The number of hydrogen-bond acceptors (Lipinski definition) is 1. The fourth-order valence-corrected chi connectivity index (χ4v) is 0.603. The van der Waals surface area contributed by atoms with Gasteiger partial charge in [-0.2, -0.15) is 0 Å². The van der Waals surface area contributed by atoms with Crippen LogP contribution in [0.4, 0.5) is 0 Å². The maximum Gasteiger partial charge on any atom is 0.122 e. The summed E-state index contributed by atoms with van der Waals surface area (Å²) in [6, 6.07) is 0. The summed E-state index contributed by atoms with van der Waals surface area (Å²) in [5.74, 6) is 2.32. The Hall–Kier alpha value is -0.740. The molecule has 0 bridgehead atoms. The lowest BCUT2D eigenvalue weighted by Gasteiger charge is -2.13. The van der Waals surface area contributed by atoms with Crippen LogP contribution in [0.5, 0.6) is 0 Å². The molecule has 56 valence electrons. The topological polar surface area (TPSA) is 20.2 Å². The van der Waals surface area contributed by atoms with Crippen molar-refractivity contribution in [2.45, 2.75) is 32.3 Å². The third-order valence-electron chi connectivity index (χ3n) is 1.34. The molecule has 1 nitrogen and oxygen atoms in total. The van der Waals surface area contributed by atoms with E-state index in [0.717, 1.165) is 6.42 Å². The van der Waals surface area contributed by atoms with Gasteiger partial charge in [-0.1, -0.05) is 18.1 Å². The first-order valence-electron chi connectivity index (χ1n) is 3.43. The lowest BCUT2D eigenvalue weighted by Crippen LogP contribution is -2.20. The molecule has 0 aliphatic heterocycles. The van der Waals surface area contributed by atoms with Gasteiger partial charge in [0.2, 0.25) is 0 Å². The summed E-state index contributed by atoms with van der Waals surface area (Å²) in [5.41, 5.74) is -0.931. The summed E-state index contributed by atoms with van der Waals surface area (Å²) in [7, 11) is 0. The van der Waals surface area contributed by atoms with Crippen molar-refractivity contribution >= 4 is 0 Å². The van der Waals surface area contributed by atoms with Crippen LogP contribution in [0.3, 0.4) is 0 Å². The summed E-state index contributed by atoms with van der Waals surface area (Å²) in [6.07, 6.45) is 10.5. The van der Waals surface area contributed by atoms with E-state index in [-0.39, 0.29) is 0 Å². The molecule has 0 spiro atoms. The number of terminal acetylenes is 1. The molecule has 0 aliphatic carbocycles. The normalized spacial score (nSPS) is 16.6. The molecule has 1 N–H and O–H groups in total. The molecule has 1 heteroatoms. The van der Waals surface area contributed by atoms with Crippen LogP contribution in [0.15, 0.2) is 12.2 Å². The van der Waals surface area contributed by atoms with Gasteiger partial charge >= 0.3 is 0 Å². The second-order valence-corrected chi connectivity index (χ2v) is 2.53. The predicted octanol–water partition coefficient (Wildman–Crippen LogP) is 1.73. The van der Waals surface area contributed by atoms with E-state index in [1.165, 1.54) is 0 Å². The fraction of sp³-hybridized carbons (Fsp3) is 0.556. The molecule has 1 unspecified atom stereocenters. The maximum atomic E-state index is 9.28. The van der Waals surface area contributed by atoms with E-state index in [0.29, 0.717) is 6.42 Å². The summed E-state index contributed by atoms with van der Waals surface area (Å²) >= 11 is 0. The van der Waals surface area contributed by atoms with Crippen LogP contribution in [0.2, 0.25) is 0 Å². The van der Waals surface area contributed by atoms with Gasteiger partial charge < -0.3 is 5.11 Å². The van der Waals surface area contributed by atoms with Crippen molar-refractivity contribution in [3.8, 4) is 12.3 Å². The molecule has 0 aromatic heterocycles. The smallest absolute Gasteiger partial charge is 0.122 e. The molecule has 1 atom stereocenters. The Labute approximate surface area is 62.8 Å². The fourth-order valence-electron chi connectivity index (χ4n) is 0.603. The van der Waals surface area contributed by atoms with Crippen LogP contribution in [0.1, 0.15) is 26.7 Å². The van der Waals surface area contributed by atoms with E-state index in [9.17, 15) is 5.11 Å². The minimum absolute atomic E-state index is 0.633. The zero-order valence-electron chi connectivity index (χ0n) is 6.59. The van der Waals surface area contributed by atoms with Crippen molar-refractivity contribution in [3.63, 3.8) is 0 Å². The lowest BCUT2D eigenvalue weighted by atomic mass is 10.0. The summed E-state index contributed by atoms with van der Waals surface area (Å²) in [4.78, 5) is 0. The number of hydrogen-bond donors (Lipinski definition) is 1. The van der Waals surface area contributed by atoms with Gasteiger partial charge in [0.1, 0.15) is 5.60 Å². The number of rotatable bonds is 3. The van der Waals surface area contributed by atoms with Gasteiger partial charge in [0.25, 0.3) is 0 Å². The minimum Gasteiger partial charge on any atom is -0.378 e. The molecule has 0 aromatic carbocycles. The average molecular weight is 138 g/mol. The first kappa shape index (κ1) is 9.26. The second kappa shape index (κ2) is 4.14. The Morgan fingerprint density at radius 1 is 1.70 bits per heavy atom. The third kappa shape index (κ3) is 4.17. The van der Waals surface area contributed by atoms with Gasteiger partial charge in [0.05, 0.1) is 0 Å². The third-order valence-corrected chi connectivity index (χ3v) is 1.34. The highest BCUT2D eigenvalue weighted by atomic mass is 16.3. The second-order valence-electron chi connectivity index (χ2n) is 2.53. The Morgan fingerprint density at radius 3 is 2.70 bits per heavy atom. The van der Waals surface area contributed by atoms with E-state index in [2.05, 4.69) is 5.92 Å². The summed E-state index contributed by atoms with van der Waals surface area (Å²) in [6.45, 7) is 3.60. The Kier molecular flexibility index (Phi) is 3.83. The highest BCUT2D eigenvalue weighted by Gasteiger charge is 2.13. The first-order chi connectivity index (χ1) is 4.62. The zero-order valence-corrected chi connectivity index (χ0v) is 6.59. The van der Waals surface area contributed by atoms with Crippen LogP contribution < -0.4 is 0 Å². The SMILES string of the molecule is C#CC(C)(O)CC/C=C/C. The quantitative estimate of drug-likeness (QED) is 0.465. The number of allylic oxidation sites excluding steroid dienone is 2. The molecule has 0 aromatic rings. The van der Waals surface area contributed by atoms with Gasteiger partial charge in [0, 0.05) is 0 Å². The van der Waals surface area contributed by atoms with Gasteiger partial charge in [-0.25, -0.2) is 0 Å². The summed E-state index contributed by atoms with van der Waals surface area (Å²) < 4.78 is 0. The first-order valence-corrected chi connectivity index (χ1v) is 3.43. The largest absolute Gasteiger partial charge is 0.378 e. The Balaban J connectivity index is 3.60. The average Bonchev–Trinajstić information content (AvgIpc) is 1.89. The van der Waals surface area contributed by atoms with Crippen molar-refractivity contribution in [3.05, 3.63) is 12.2 Å². The highest BCUT2D eigenvalue weighted by molar-refractivity contribution is 5.04. The Morgan fingerprint density at radius 2 is 2.30 bits per heavy atom. The monoisotopic (exact) mass is 138 g/mol. The van der Waals surface area contributed by atoms with Crippen LogP contribution in [0.25, 0.3) is 0 Å². The molecule has 0 saturated heterocycles. The molecule has 0 radical (unpaired) electrons. The number of aliphatic hydroxyl groups is 1. The zero-order chi connectivity index (χ0) is 8.04. The van der Waals surface area contributed by atoms with Crippen LogP contribution in [0, 0.1) is 12.3 Å². The molecule has 0 aliphatic rings. The van der Waals surface area contributed by atoms with E-state index in [1.54, 1.807) is 6.92 Å². The van der Waals surface area contributed by atoms with Crippen molar-refractivity contribution in [2.24, 2.45) is 0 Å².